The van der Waals surface area contributed by atoms with Crippen molar-refractivity contribution < 1.29 is 14.3 Å². The summed E-state index contributed by atoms with van der Waals surface area (Å²) in [4.78, 5) is 26.7. The number of nitrogens with zero attached hydrogens (tertiary/aromatic N) is 1. The van der Waals surface area contributed by atoms with Crippen LogP contribution < -0.4 is 5.32 Å². The van der Waals surface area contributed by atoms with E-state index in [1.807, 2.05) is 37.3 Å². The number of nitrogens with one attached hydrogen (secondary N) is 1. The summed E-state index contributed by atoms with van der Waals surface area (Å²) in [7, 11) is 0. The standard InChI is InChI=1S/C17H22N2O3/c1-16(8-9-18-14(16)20)15(21)19-10-11-22-17(2,12-19)13-6-4-3-5-7-13/h3-7H,8-12H2,1-2H3,(H,18,20). The van der Waals surface area contributed by atoms with E-state index in [9.17, 15) is 9.59 Å². The van der Waals surface area contributed by atoms with Gasteiger partial charge in [0, 0.05) is 13.1 Å². The van der Waals surface area contributed by atoms with Crippen molar-refractivity contribution in [2.75, 3.05) is 26.2 Å². The SMILES string of the molecule is CC1(C(=O)N2CCOC(C)(c3ccccc3)C2)CCNC1=O. The number of hydrogen-bond acceptors (Lipinski definition) is 3. The van der Waals surface area contributed by atoms with Crippen LogP contribution in [0.5, 0.6) is 0 Å². The molecule has 5 heteroatoms. The molecule has 1 N–H and O–H groups in total. The highest BCUT2D eigenvalue weighted by Gasteiger charge is 2.48. The largest absolute Gasteiger partial charge is 0.367 e. The van der Waals surface area contributed by atoms with Crippen molar-refractivity contribution in [3.63, 3.8) is 0 Å². The molecule has 5 nitrogen and oxygen atoms in total. The molecule has 1 aromatic carbocycles. The molecule has 0 saturated carbocycles. The van der Waals surface area contributed by atoms with E-state index in [-0.39, 0.29) is 11.8 Å². The first-order valence-electron chi connectivity index (χ1n) is 7.73. The summed E-state index contributed by atoms with van der Waals surface area (Å²) in [5.41, 5.74) is -0.413. The number of ether oxygens (including phenoxy) is 1. The molecule has 118 valence electrons. The van der Waals surface area contributed by atoms with Crippen molar-refractivity contribution in [3.8, 4) is 0 Å². The fourth-order valence-electron chi connectivity index (χ4n) is 3.30. The minimum absolute atomic E-state index is 0.0899. The van der Waals surface area contributed by atoms with E-state index in [2.05, 4.69) is 5.32 Å². The van der Waals surface area contributed by atoms with Crippen LogP contribution in [0.4, 0.5) is 0 Å². The molecule has 22 heavy (non-hydrogen) atoms. The summed E-state index contributed by atoms with van der Waals surface area (Å²) in [6.07, 6.45) is 0.560. The number of carbonyl (C=O) groups is 2. The van der Waals surface area contributed by atoms with E-state index >= 15 is 0 Å². The van der Waals surface area contributed by atoms with Crippen molar-refractivity contribution in [2.24, 2.45) is 5.41 Å². The lowest BCUT2D eigenvalue weighted by molar-refractivity contribution is -0.161. The molecule has 0 aromatic heterocycles. The molecule has 0 aliphatic carbocycles. The Morgan fingerprint density at radius 2 is 2.00 bits per heavy atom. The number of carbonyl (C=O) groups excluding carboxylic acids is 2. The highest BCUT2D eigenvalue weighted by atomic mass is 16.5. The molecule has 2 amide bonds. The van der Waals surface area contributed by atoms with Crippen LogP contribution in [0.3, 0.4) is 0 Å². The monoisotopic (exact) mass is 302 g/mol. The summed E-state index contributed by atoms with van der Waals surface area (Å²) >= 11 is 0. The number of morpholine rings is 1. The van der Waals surface area contributed by atoms with Crippen molar-refractivity contribution in [2.45, 2.75) is 25.9 Å². The van der Waals surface area contributed by atoms with E-state index in [0.29, 0.717) is 32.7 Å². The Labute approximate surface area is 130 Å². The highest BCUT2D eigenvalue weighted by molar-refractivity contribution is 6.06. The molecule has 2 saturated heterocycles. The maximum absolute atomic E-state index is 12.9. The Morgan fingerprint density at radius 3 is 2.64 bits per heavy atom. The fourth-order valence-corrected chi connectivity index (χ4v) is 3.30. The summed E-state index contributed by atoms with van der Waals surface area (Å²) in [5.74, 6) is -0.252. The summed E-state index contributed by atoms with van der Waals surface area (Å²) in [6.45, 7) is 5.80. The van der Waals surface area contributed by atoms with Crippen LogP contribution in [0.1, 0.15) is 25.8 Å². The van der Waals surface area contributed by atoms with E-state index in [1.54, 1.807) is 11.8 Å². The quantitative estimate of drug-likeness (QED) is 0.838. The van der Waals surface area contributed by atoms with Crippen molar-refractivity contribution >= 4 is 11.8 Å². The van der Waals surface area contributed by atoms with E-state index in [0.717, 1.165) is 5.56 Å². The van der Waals surface area contributed by atoms with Gasteiger partial charge in [0.15, 0.2) is 0 Å². The third kappa shape index (κ3) is 2.39. The van der Waals surface area contributed by atoms with Gasteiger partial charge < -0.3 is 15.0 Å². The van der Waals surface area contributed by atoms with Crippen LogP contribution in [0, 0.1) is 5.41 Å². The Kier molecular flexibility index (Phi) is 3.68. The van der Waals surface area contributed by atoms with Crippen LogP contribution in [0.15, 0.2) is 30.3 Å². The maximum Gasteiger partial charge on any atom is 0.238 e. The first kappa shape index (κ1) is 15.0. The van der Waals surface area contributed by atoms with Crippen molar-refractivity contribution in [3.05, 3.63) is 35.9 Å². The lowest BCUT2D eigenvalue weighted by atomic mass is 9.85. The zero-order valence-corrected chi connectivity index (χ0v) is 13.1. The second-order valence-corrected chi connectivity index (χ2v) is 6.51. The van der Waals surface area contributed by atoms with E-state index < -0.39 is 11.0 Å². The molecule has 2 heterocycles. The van der Waals surface area contributed by atoms with Gasteiger partial charge in [-0.1, -0.05) is 30.3 Å². The third-order valence-electron chi connectivity index (χ3n) is 4.83. The summed E-state index contributed by atoms with van der Waals surface area (Å²) in [6, 6.07) is 9.92. The molecular weight excluding hydrogens is 280 g/mol. The predicted molar refractivity (Wildman–Crippen MR) is 82.1 cm³/mol. The van der Waals surface area contributed by atoms with Gasteiger partial charge in [-0.25, -0.2) is 0 Å². The molecule has 0 bridgehead atoms. The number of hydrogen-bond donors (Lipinski definition) is 1. The van der Waals surface area contributed by atoms with Gasteiger partial charge in [-0.15, -0.1) is 0 Å². The summed E-state index contributed by atoms with van der Waals surface area (Å²) in [5, 5.41) is 2.76. The lowest BCUT2D eigenvalue weighted by Crippen LogP contribution is -2.55. The highest BCUT2D eigenvalue weighted by Crippen LogP contribution is 2.34. The lowest BCUT2D eigenvalue weighted by Gasteiger charge is -2.42. The second-order valence-electron chi connectivity index (χ2n) is 6.51. The minimum Gasteiger partial charge on any atom is -0.367 e. The van der Waals surface area contributed by atoms with Gasteiger partial charge >= 0.3 is 0 Å². The molecule has 3 rings (SSSR count). The Hall–Kier alpha value is -1.88. The van der Waals surface area contributed by atoms with Crippen molar-refractivity contribution in [1.29, 1.82) is 0 Å². The van der Waals surface area contributed by atoms with E-state index in [1.165, 1.54) is 0 Å². The van der Waals surface area contributed by atoms with Gasteiger partial charge in [-0.05, 0) is 25.8 Å². The Morgan fingerprint density at radius 1 is 1.27 bits per heavy atom. The van der Waals surface area contributed by atoms with Crippen molar-refractivity contribution in [1.82, 2.24) is 10.2 Å². The van der Waals surface area contributed by atoms with E-state index in [4.69, 9.17) is 4.74 Å². The summed E-state index contributed by atoms with van der Waals surface area (Å²) < 4.78 is 5.96. The molecule has 0 spiro atoms. The fraction of sp³-hybridized carbons (Fsp3) is 0.529. The molecule has 2 aliphatic rings. The molecule has 0 radical (unpaired) electrons. The minimum atomic E-state index is -0.936. The second kappa shape index (κ2) is 5.39. The Bertz CT molecular complexity index is 589. The Balaban J connectivity index is 1.81. The molecule has 1 aromatic rings. The van der Waals surface area contributed by atoms with Crippen LogP contribution in [-0.4, -0.2) is 43.0 Å². The molecule has 2 aliphatic heterocycles. The third-order valence-corrected chi connectivity index (χ3v) is 4.83. The van der Waals surface area contributed by atoms with Crippen LogP contribution >= 0.6 is 0 Å². The zero-order valence-electron chi connectivity index (χ0n) is 13.1. The molecular formula is C17H22N2O3. The predicted octanol–water partition coefficient (Wildman–Crippen LogP) is 1.29. The maximum atomic E-state index is 12.9. The van der Waals surface area contributed by atoms with Crippen LogP contribution in [0.2, 0.25) is 0 Å². The van der Waals surface area contributed by atoms with Crippen LogP contribution in [0.25, 0.3) is 0 Å². The molecule has 2 unspecified atom stereocenters. The zero-order chi connectivity index (χ0) is 15.8. The number of benzene rings is 1. The average molecular weight is 302 g/mol. The van der Waals surface area contributed by atoms with Gasteiger partial charge in [0.05, 0.1) is 13.2 Å². The number of rotatable bonds is 2. The number of amides is 2. The average Bonchev–Trinajstić information content (AvgIpc) is 2.88. The molecule has 2 atom stereocenters. The smallest absolute Gasteiger partial charge is 0.238 e. The van der Waals surface area contributed by atoms with Gasteiger partial charge in [0.2, 0.25) is 11.8 Å². The van der Waals surface area contributed by atoms with Gasteiger partial charge in [0.1, 0.15) is 11.0 Å². The van der Waals surface area contributed by atoms with Gasteiger partial charge in [-0.3, -0.25) is 9.59 Å². The van der Waals surface area contributed by atoms with Gasteiger partial charge in [0.25, 0.3) is 0 Å². The van der Waals surface area contributed by atoms with Crippen LogP contribution in [-0.2, 0) is 19.9 Å². The molecule has 2 fully saturated rings. The first-order chi connectivity index (χ1) is 10.5. The van der Waals surface area contributed by atoms with Gasteiger partial charge in [-0.2, -0.15) is 0 Å². The first-order valence-corrected chi connectivity index (χ1v) is 7.73. The topological polar surface area (TPSA) is 58.6 Å². The normalized spacial score (nSPS) is 31.9.